The third-order valence-corrected chi connectivity index (χ3v) is 2.63. The highest BCUT2D eigenvalue weighted by Crippen LogP contribution is 2.12. The summed E-state index contributed by atoms with van der Waals surface area (Å²) in [5, 5.41) is 8.48. The van der Waals surface area contributed by atoms with Crippen molar-refractivity contribution in [1.82, 2.24) is 4.57 Å². The SMILES string of the molecule is CON=Cc1c(S(N)(=O)=O)ccn1C. The van der Waals surface area contributed by atoms with Crippen molar-refractivity contribution in [2.75, 3.05) is 7.11 Å². The summed E-state index contributed by atoms with van der Waals surface area (Å²) in [6, 6.07) is 1.41. The summed E-state index contributed by atoms with van der Waals surface area (Å²) in [6.07, 6.45) is 2.87. The predicted octanol–water partition coefficient (Wildman–Crippen LogP) is -0.347. The van der Waals surface area contributed by atoms with Crippen LogP contribution in [0.15, 0.2) is 22.3 Å². The molecule has 0 atom stereocenters. The molecule has 0 unspecified atom stereocenters. The Labute approximate surface area is 82.0 Å². The van der Waals surface area contributed by atoms with Crippen LogP contribution in [0.25, 0.3) is 0 Å². The number of nitrogens with two attached hydrogens (primary N) is 1. The molecule has 78 valence electrons. The number of primary sulfonamides is 1. The van der Waals surface area contributed by atoms with Crippen molar-refractivity contribution in [3.8, 4) is 0 Å². The van der Waals surface area contributed by atoms with Gasteiger partial charge < -0.3 is 9.40 Å². The van der Waals surface area contributed by atoms with E-state index in [1.54, 1.807) is 17.8 Å². The van der Waals surface area contributed by atoms with Gasteiger partial charge in [0.05, 0.1) is 11.9 Å². The van der Waals surface area contributed by atoms with E-state index in [0.717, 1.165) is 0 Å². The van der Waals surface area contributed by atoms with Crippen LogP contribution in [0.2, 0.25) is 0 Å². The molecule has 0 fully saturated rings. The number of nitrogens with zero attached hydrogens (tertiary/aromatic N) is 2. The van der Waals surface area contributed by atoms with Crippen molar-refractivity contribution in [3.05, 3.63) is 18.0 Å². The van der Waals surface area contributed by atoms with Crippen LogP contribution in [0.5, 0.6) is 0 Å². The van der Waals surface area contributed by atoms with Gasteiger partial charge in [0.15, 0.2) is 0 Å². The molecule has 6 nitrogen and oxygen atoms in total. The molecule has 0 amide bonds. The smallest absolute Gasteiger partial charge is 0.240 e. The Bertz CT molecular complexity index is 447. The van der Waals surface area contributed by atoms with E-state index < -0.39 is 10.0 Å². The summed E-state index contributed by atoms with van der Waals surface area (Å²) in [4.78, 5) is 4.49. The Balaban J connectivity index is 3.27. The highest BCUT2D eigenvalue weighted by atomic mass is 32.2. The van der Waals surface area contributed by atoms with Crippen molar-refractivity contribution in [3.63, 3.8) is 0 Å². The van der Waals surface area contributed by atoms with E-state index in [-0.39, 0.29) is 4.90 Å². The van der Waals surface area contributed by atoms with E-state index in [0.29, 0.717) is 5.69 Å². The Morgan fingerprint density at radius 3 is 2.79 bits per heavy atom. The van der Waals surface area contributed by atoms with Gasteiger partial charge in [-0.05, 0) is 6.07 Å². The van der Waals surface area contributed by atoms with Crippen molar-refractivity contribution >= 4 is 16.2 Å². The number of rotatable bonds is 3. The number of sulfonamides is 1. The molecule has 1 rings (SSSR count). The molecule has 2 N–H and O–H groups in total. The van der Waals surface area contributed by atoms with Crippen LogP contribution in [0.1, 0.15) is 5.69 Å². The van der Waals surface area contributed by atoms with E-state index in [2.05, 4.69) is 9.99 Å². The van der Waals surface area contributed by atoms with E-state index in [1.807, 2.05) is 0 Å². The lowest BCUT2D eigenvalue weighted by Crippen LogP contribution is -2.14. The van der Waals surface area contributed by atoms with Crippen LogP contribution >= 0.6 is 0 Å². The molecule has 0 aliphatic heterocycles. The fourth-order valence-corrected chi connectivity index (χ4v) is 1.76. The van der Waals surface area contributed by atoms with Crippen LogP contribution in [0, 0.1) is 0 Å². The second kappa shape index (κ2) is 3.81. The Morgan fingerprint density at radius 1 is 1.64 bits per heavy atom. The third-order valence-electron chi connectivity index (χ3n) is 1.67. The number of aromatic nitrogens is 1. The average molecular weight is 217 g/mol. The van der Waals surface area contributed by atoms with E-state index in [9.17, 15) is 8.42 Å². The molecule has 0 saturated heterocycles. The van der Waals surface area contributed by atoms with Crippen molar-refractivity contribution in [2.45, 2.75) is 4.90 Å². The molecule has 1 aromatic heterocycles. The molecule has 0 bridgehead atoms. The molecule has 7 heteroatoms. The van der Waals surface area contributed by atoms with Crippen molar-refractivity contribution < 1.29 is 13.3 Å². The van der Waals surface area contributed by atoms with Gasteiger partial charge in [0.25, 0.3) is 0 Å². The van der Waals surface area contributed by atoms with Gasteiger partial charge in [0.1, 0.15) is 12.0 Å². The number of hydrogen-bond donors (Lipinski definition) is 1. The molecule has 14 heavy (non-hydrogen) atoms. The van der Waals surface area contributed by atoms with Crippen molar-refractivity contribution in [1.29, 1.82) is 0 Å². The number of oxime groups is 1. The zero-order chi connectivity index (χ0) is 10.8. The lowest BCUT2D eigenvalue weighted by atomic mass is 10.5. The van der Waals surface area contributed by atoms with E-state index in [1.165, 1.54) is 19.4 Å². The van der Waals surface area contributed by atoms with Gasteiger partial charge in [0, 0.05) is 13.2 Å². The first-order chi connectivity index (χ1) is 6.46. The standard InChI is InChI=1S/C7H11N3O3S/c1-10-4-3-7(14(8,11)12)6(10)5-9-13-2/h3-5H,1-2H3,(H2,8,11,12). The van der Waals surface area contributed by atoms with E-state index >= 15 is 0 Å². The first kappa shape index (κ1) is 10.7. The molecule has 0 spiro atoms. The zero-order valence-electron chi connectivity index (χ0n) is 7.84. The first-order valence-electron chi connectivity index (χ1n) is 3.71. The van der Waals surface area contributed by atoms with Crippen LogP contribution in [-0.2, 0) is 21.9 Å². The maximum Gasteiger partial charge on any atom is 0.240 e. The van der Waals surface area contributed by atoms with Gasteiger partial charge >= 0.3 is 0 Å². The van der Waals surface area contributed by atoms with Gasteiger partial charge in [-0.3, -0.25) is 0 Å². The van der Waals surface area contributed by atoms with Crippen LogP contribution in [0.4, 0.5) is 0 Å². The molecule has 0 aliphatic carbocycles. The Morgan fingerprint density at radius 2 is 2.29 bits per heavy atom. The van der Waals surface area contributed by atoms with Gasteiger partial charge in [-0.1, -0.05) is 5.16 Å². The van der Waals surface area contributed by atoms with E-state index in [4.69, 9.17) is 5.14 Å². The first-order valence-corrected chi connectivity index (χ1v) is 5.26. The predicted molar refractivity (Wildman–Crippen MR) is 51.4 cm³/mol. The van der Waals surface area contributed by atoms with Gasteiger partial charge in [0.2, 0.25) is 10.0 Å². The second-order valence-electron chi connectivity index (χ2n) is 2.64. The molecular formula is C7H11N3O3S. The second-order valence-corrected chi connectivity index (χ2v) is 4.17. The molecule has 0 saturated carbocycles. The molecule has 0 aliphatic rings. The number of aryl methyl sites for hydroxylation is 1. The highest BCUT2D eigenvalue weighted by molar-refractivity contribution is 7.89. The topological polar surface area (TPSA) is 86.7 Å². The van der Waals surface area contributed by atoms with Gasteiger partial charge in [-0.2, -0.15) is 0 Å². The quantitative estimate of drug-likeness (QED) is 0.554. The summed E-state index contributed by atoms with van der Waals surface area (Å²) < 4.78 is 23.8. The fourth-order valence-electron chi connectivity index (χ4n) is 1.02. The maximum atomic E-state index is 11.1. The summed E-state index contributed by atoms with van der Waals surface area (Å²) >= 11 is 0. The van der Waals surface area contributed by atoms with Gasteiger partial charge in [-0.15, -0.1) is 0 Å². The summed E-state index contributed by atoms with van der Waals surface area (Å²) in [6.45, 7) is 0. The molecule has 1 heterocycles. The average Bonchev–Trinajstić information content (AvgIpc) is 2.42. The maximum absolute atomic E-state index is 11.1. The summed E-state index contributed by atoms with van der Waals surface area (Å²) in [5.74, 6) is 0. The van der Waals surface area contributed by atoms with Gasteiger partial charge in [-0.25, -0.2) is 13.6 Å². The van der Waals surface area contributed by atoms with Crippen molar-refractivity contribution in [2.24, 2.45) is 17.3 Å². The van der Waals surface area contributed by atoms with Crippen LogP contribution in [0.3, 0.4) is 0 Å². The van der Waals surface area contributed by atoms with Crippen LogP contribution < -0.4 is 5.14 Å². The Kier molecular flexibility index (Phi) is 2.92. The third kappa shape index (κ3) is 2.12. The molecule has 0 radical (unpaired) electrons. The minimum atomic E-state index is -3.71. The monoisotopic (exact) mass is 217 g/mol. The Hall–Kier alpha value is -1.34. The van der Waals surface area contributed by atoms with Crippen LogP contribution in [-0.4, -0.2) is 26.3 Å². The molecular weight excluding hydrogens is 206 g/mol. The highest BCUT2D eigenvalue weighted by Gasteiger charge is 2.15. The zero-order valence-corrected chi connectivity index (χ0v) is 8.65. The summed E-state index contributed by atoms with van der Waals surface area (Å²) in [7, 11) is -0.653. The molecule has 1 aromatic rings. The number of hydrogen-bond acceptors (Lipinski definition) is 4. The normalized spacial score (nSPS) is 12.2. The lowest BCUT2D eigenvalue weighted by molar-refractivity contribution is 0.215. The molecule has 0 aromatic carbocycles. The largest absolute Gasteiger partial charge is 0.399 e. The fraction of sp³-hybridized carbons (Fsp3) is 0.286. The minimum Gasteiger partial charge on any atom is -0.399 e. The minimum absolute atomic E-state index is 0.0285. The lowest BCUT2D eigenvalue weighted by Gasteiger charge is -1.99. The summed E-state index contributed by atoms with van der Waals surface area (Å²) in [5.41, 5.74) is 0.384.